The van der Waals surface area contributed by atoms with Crippen LogP contribution in [0.2, 0.25) is 0 Å². The van der Waals surface area contributed by atoms with Crippen LogP contribution in [0, 0.1) is 18.3 Å². The molecule has 0 amide bonds. The molecule has 0 aliphatic heterocycles. The average molecular weight is 341 g/mol. The molecule has 128 valence electrons. The molecule has 0 radical (unpaired) electrons. The number of azo groups is 1. The van der Waals surface area contributed by atoms with Gasteiger partial charge in [-0.2, -0.15) is 15.5 Å². The summed E-state index contributed by atoms with van der Waals surface area (Å²) in [5, 5.41) is 45.7. The van der Waals surface area contributed by atoms with Crippen molar-refractivity contribution in [2.24, 2.45) is 10.2 Å². The molecule has 0 saturated heterocycles. The van der Waals surface area contributed by atoms with E-state index in [1.165, 1.54) is 0 Å². The van der Waals surface area contributed by atoms with Crippen molar-refractivity contribution in [3.8, 4) is 18.0 Å². The Hall–Kier alpha value is -3.55. The second kappa shape index (κ2) is 5.82. The van der Waals surface area contributed by atoms with Crippen LogP contribution >= 0.6 is 0 Å². The van der Waals surface area contributed by atoms with Gasteiger partial charge in [-0.1, -0.05) is 25.9 Å². The molecule has 0 aliphatic rings. The summed E-state index contributed by atoms with van der Waals surface area (Å²) in [7, 11) is 0. The second-order valence-electron chi connectivity index (χ2n) is 6.25. The van der Waals surface area contributed by atoms with Crippen molar-refractivity contribution in [1.29, 1.82) is 5.26 Å². The van der Waals surface area contributed by atoms with E-state index < -0.39 is 0 Å². The number of nitrogens with one attached hydrogen (secondary N) is 1. The van der Waals surface area contributed by atoms with Gasteiger partial charge in [0.05, 0.1) is 11.4 Å². The number of aromatic nitrogens is 6. The lowest BCUT2D eigenvalue weighted by Gasteiger charge is -2.14. The topological polar surface area (TPSA) is 154 Å². The lowest BCUT2D eigenvalue weighted by Crippen LogP contribution is -2.13. The van der Waals surface area contributed by atoms with E-state index in [9.17, 15) is 10.4 Å². The van der Waals surface area contributed by atoms with Crippen LogP contribution < -0.4 is 0 Å². The first-order valence-corrected chi connectivity index (χ1v) is 7.28. The molecule has 0 bridgehead atoms. The maximum atomic E-state index is 10.2. The maximum absolute atomic E-state index is 10.2. The van der Waals surface area contributed by atoms with Gasteiger partial charge in [0.1, 0.15) is 11.6 Å². The summed E-state index contributed by atoms with van der Waals surface area (Å²) in [6.45, 7) is 7.46. The van der Waals surface area contributed by atoms with Gasteiger partial charge < -0.3 is 9.52 Å². The van der Waals surface area contributed by atoms with Crippen LogP contribution in [0.3, 0.4) is 0 Å². The molecule has 3 rings (SSSR count). The van der Waals surface area contributed by atoms with E-state index >= 15 is 0 Å². The van der Waals surface area contributed by atoms with Gasteiger partial charge in [-0.25, -0.2) is 0 Å². The van der Waals surface area contributed by atoms with E-state index in [1.807, 2.05) is 20.8 Å². The highest BCUT2D eigenvalue weighted by atomic mass is 16.4. The largest absolute Gasteiger partial charge is 0.491 e. The van der Waals surface area contributed by atoms with Gasteiger partial charge in [0.15, 0.2) is 11.5 Å². The molecule has 3 aromatic rings. The van der Waals surface area contributed by atoms with Crippen molar-refractivity contribution in [1.82, 2.24) is 30.2 Å². The predicted molar refractivity (Wildman–Crippen MR) is 84.0 cm³/mol. The Bertz CT molecular complexity index is 968. The molecule has 0 atom stereocenters. The summed E-state index contributed by atoms with van der Waals surface area (Å²) in [5.41, 5.74) is 1.09. The van der Waals surface area contributed by atoms with Crippen molar-refractivity contribution in [3.63, 3.8) is 0 Å². The molecule has 3 heterocycles. The van der Waals surface area contributed by atoms with E-state index in [1.54, 1.807) is 6.92 Å². The Kier molecular flexibility index (Phi) is 3.80. The number of nitriles is 1. The highest BCUT2D eigenvalue weighted by Crippen LogP contribution is 2.34. The maximum Gasteiger partial charge on any atom is 0.346 e. The lowest BCUT2D eigenvalue weighted by molar-refractivity contribution is 0.407. The quantitative estimate of drug-likeness (QED) is 0.693. The van der Waals surface area contributed by atoms with Crippen molar-refractivity contribution >= 4 is 11.5 Å². The molecule has 0 spiro atoms. The molecule has 2 N–H and O–H groups in total. The summed E-state index contributed by atoms with van der Waals surface area (Å²) in [6.07, 6.45) is 1.12. The molecular weight excluding hydrogens is 326 g/mol. The van der Waals surface area contributed by atoms with Gasteiger partial charge >= 0.3 is 6.01 Å². The van der Waals surface area contributed by atoms with Gasteiger partial charge in [-0.15, -0.1) is 20.0 Å². The number of nitrogens with zero attached hydrogens (tertiary/aromatic N) is 8. The van der Waals surface area contributed by atoms with Crippen LogP contribution in [-0.2, 0) is 5.41 Å². The summed E-state index contributed by atoms with van der Waals surface area (Å²) < 4.78 is 6.05. The minimum Gasteiger partial charge on any atom is -0.491 e. The molecular formula is C14H15N9O2. The zero-order chi connectivity index (χ0) is 18.2. The molecule has 0 aliphatic carbocycles. The van der Waals surface area contributed by atoms with E-state index in [0.29, 0.717) is 17.0 Å². The summed E-state index contributed by atoms with van der Waals surface area (Å²) in [5.74, 6) is -0.101. The molecule has 11 heteroatoms. The third-order valence-corrected chi connectivity index (χ3v) is 3.35. The summed E-state index contributed by atoms with van der Waals surface area (Å²) in [4.78, 5) is 0. The van der Waals surface area contributed by atoms with Gasteiger partial charge in [-0.3, -0.25) is 5.10 Å². The third kappa shape index (κ3) is 2.85. The monoisotopic (exact) mass is 341 g/mol. The highest BCUT2D eigenvalue weighted by molar-refractivity contribution is 5.55. The summed E-state index contributed by atoms with van der Waals surface area (Å²) >= 11 is 0. The first-order chi connectivity index (χ1) is 11.8. The van der Waals surface area contributed by atoms with E-state index in [0.717, 1.165) is 11.1 Å². The molecule has 11 nitrogen and oxygen atoms in total. The van der Waals surface area contributed by atoms with Crippen molar-refractivity contribution < 1.29 is 9.52 Å². The van der Waals surface area contributed by atoms with E-state index in [2.05, 4.69) is 41.8 Å². The molecule has 25 heavy (non-hydrogen) atoms. The number of hydrogen-bond acceptors (Lipinski definition) is 9. The first kappa shape index (κ1) is 16.3. The van der Waals surface area contributed by atoms with Crippen LogP contribution in [0.15, 0.2) is 21.0 Å². The average Bonchev–Trinajstić information content (AvgIpc) is 3.25. The molecule has 3 aromatic heterocycles. The number of rotatable bonds is 3. The van der Waals surface area contributed by atoms with Crippen molar-refractivity contribution in [3.05, 3.63) is 23.3 Å². The number of aromatic amines is 1. The van der Waals surface area contributed by atoms with Crippen LogP contribution in [0.1, 0.15) is 37.7 Å². The van der Waals surface area contributed by atoms with Crippen LogP contribution in [-0.4, -0.2) is 35.3 Å². The zero-order valence-corrected chi connectivity index (χ0v) is 14.0. The smallest absolute Gasteiger partial charge is 0.346 e. The SMILES string of the molecule is Cc1nn(-c2nnco2)c(O)c1/N=N/c1[nH]nc(C(C)(C)C)c1C#N. The Morgan fingerprint density at radius 2 is 2.12 bits per heavy atom. The lowest BCUT2D eigenvalue weighted by atomic mass is 9.90. The van der Waals surface area contributed by atoms with Crippen molar-refractivity contribution in [2.45, 2.75) is 33.1 Å². The zero-order valence-electron chi connectivity index (χ0n) is 14.0. The molecule has 0 saturated carbocycles. The fourth-order valence-electron chi connectivity index (χ4n) is 2.17. The minimum absolute atomic E-state index is 0.00340. The van der Waals surface area contributed by atoms with Crippen LogP contribution in [0.4, 0.5) is 11.5 Å². The third-order valence-electron chi connectivity index (χ3n) is 3.35. The molecule has 0 aromatic carbocycles. The summed E-state index contributed by atoms with van der Waals surface area (Å²) in [6, 6.07) is 2.08. The van der Waals surface area contributed by atoms with E-state index in [-0.39, 0.29) is 28.8 Å². The standard InChI is InChI=1S/C14H15N9O2/c1-7-9(12(24)23(22-7)13-21-16-6-25-13)17-19-11-8(5-15)10(18-20-11)14(2,3)4/h6,24H,1-4H3,(H,18,20)/b19-17+. The number of hydrogen-bond donors (Lipinski definition) is 2. The Labute approximate surface area is 142 Å². The minimum atomic E-state index is -0.323. The van der Waals surface area contributed by atoms with Gasteiger partial charge in [0.2, 0.25) is 12.3 Å². The fraction of sp³-hybridized carbons (Fsp3) is 0.357. The normalized spacial score (nSPS) is 12.0. The van der Waals surface area contributed by atoms with Crippen molar-refractivity contribution in [2.75, 3.05) is 0 Å². The first-order valence-electron chi connectivity index (χ1n) is 7.28. The van der Waals surface area contributed by atoms with Gasteiger partial charge in [-0.05, 0) is 6.92 Å². The van der Waals surface area contributed by atoms with Crippen LogP contribution in [0.25, 0.3) is 6.01 Å². The Morgan fingerprint density at radius 3 is 2.72 bits per heavy atom. The van der Waals surface area contributed by atoms with Crippen LogP contribution in [0.5, 0.6) is 5.88 Å². The van der Waals surface area contributed by atoms with E-state index in [4.69, 9.17) is 4.42 Å². The number of aryl methyl sites for hydroxylation is 1. The van der Waals surface area contributed by atoms with Gasteiger partial charge in [0, 0.05) is 5.41 Å². The number of H-pyrrole nitrogens is 1. The Morgan fingerprint density at radius 1 is 1.36 bits per heavy atom. The molecule has 0 unspecified atom stereocenters. The highest BCUT2D eigenvalue weighted by Gasteiger charge is 2.25. The predicted octanol–water partition coefficient (Wildman–Crippen LogP) is 2.58. The Balaban J connectivity index is 1.99. The molecule has 0 fully saturated rings. The van der Waals surface area contributed by atoms with Gasteiger partial charge in [0.25, 0.3) is 0 Å². The number of aromatic hydroxyl groups is 1. The fourth-order valence-corrected chi connectivity index (χ4v) is 2.17. The second-order valence-corrected chi connectivity index (χ2v) is 6.25.